The molecule has 1 aliphatic heterocycles. The fraction of sp³-hybridized carbons (Fsp3) is 0.273. The Balaban J connectivity index is 1.62. The molecular formula is C22H24N2O4. The van der Waals surface area contributed by atoms with Crippen LogP contribution in [0.1, 0.15) is 28.8 Å². The number of nitrogens with one attached hydrogen (secondary N) is 2. The Morgan fingerprint density at radius 1 is 1.21 bits per heavy atom. The number of anilines is 1. The van der Waals surface area contributed by atoms with Crippen LogP contribution in [-0.4, -0.2) is 38.2 Å². The molecule has 146 valence electrons. The number of amides is 2. The Bertz CT molecular complexity index is 857. The molecular weight excluding hydrogens is 356 g/mol. The Kier molecular flexibility index (Phi) is 6.81. The number of benzene rings is 2. The number of hydrogen-bond donors (Lipinski definition) is 2. The molecule has 0 aliphatic carbocycles. The van der Waals surface area contributed by atoms with E-state index in [-0.39, 0.29) is 17.9 Å². The number of rotatable bonds is 7. The van der Waals surface area contributed by atoms with E-state index in [4.69, 9.17) is 9.47 Å². The standard InChI is InChI=1S/C22H24N2O4/c1-27-17-7-4-6-16(14-17)11-12-21(25)24-20-10-3-2-9-19(20)22(26)23-15-18-8-5-13-28-18/h2-4,6-7,9-12,14,18H,5,8,13,15H2,1H3,(H,23,26)(H,24,25)/b12-11+. The molecule has 6 nitrogen and oxygen atoms in total. The van der Waals surface area contributed by atoms with Gasteiger partial charge in [0, 0.05) is 19.2 Å². The van der Waals surface area contributed by atoms with Gasteiger partial charge in [-0.2, -0.15) is 0 Å². The van der Waals surface area contributed by atoms with Gasteiger partial charge < -0.3 is 20.1 Å². The van der Waals surface area contributed by atoms with E-state index in [1.165, 1.54) is 6.08 Å². The summed E-state index contributed by atoms with van der Waals surface area (Å²) in [6, 6.07) is 14.3. The van der Waals surface area contributed by atoms with Crippen molar-refractivity contribution in [2.45, 2.75) is 18.9 Å². The number of para-hydroxylation sites is 1. The summed E-state index contributed by atoms with van der Waals surface area (Å²) in [6.45, 7) is 1.21. The average Bonchev–Trinajstić information content (AvgIpc) is 3.25. The molecule has 1 unspecified atom stereocenters. The Morgan fingerprint density at radius 2 is 2.07 bits per heavy atom. The predicted octanol–water partition coefficient (Wildman–Crippen LogP) is 3.26. The molecule has 28 heavy (non-hydrogen) atoms. The number of carbonyl (C=O) groups is 2. The zero-order valence-corrected chi connectivity index (χ0v) is 15.8. The lowest BCUT2D eigenvalue weighted by Gasteiger charge is -2.13. The highest BCUT2D eigenvalue weighted by Gasteiger charge is 2.18. The lowest BCUT2D eigenvalue weighted by molar-refractivity contribution is -0.111. The predicted molar refractivity (Wildman–Crippen MR) is 108 cm³/mol. The van der Waals surface area contributed by atoms with Gasteiger partial charge >= 0.3 is 0 Å². The lowest BCUT2D eigenvalue weighted by atomic mass is 10.1. The molecule has 0 spiro atoms. The van der Waals surface area contributed by atoms with Crippen LogP contribution in [0.2, 0.25) is 0 Å². The molecule has 6 heteroatoms. The highest BCUT2D eigenvalue weighted by molar-refractivity contribution is 6.07. The maximum absolute atomic E-state index is 12.5. The smallest absolute Gasteiger partial charge is 0.253 e. The number of methoxy groups -OCH3 is 1. The molecule has 1 fully saturated rings. The molecule has 2 aromatic carbocycles. The average molecular weight is 380 g/mol. The minimum Gasteiger partial charge on any atom is -0.497 e. The highest BCUT2D eigenvalue weighted by atomic mass is 16.5. The lowest BCUT2D eigenvalue weighted by Crippen LogP contribution is -2.32. The first kappa shape index (κ1) is 19.6. The summed E-state index contributed by atoms with van der Waals surface area (Å²) in [6.07, 6.45) is 5.16. The molecule has 2 N–H and O–H groups in total. The van der Waals surface area contributed by atoms with Crippen LogP contribution in [0.15, 0.2) is 54.6 Å². The third-order valence-electron chi connectivity index (χ3n) is 4.46. The van der Waals surface area contributed by atoms with Crippen molar-refractivity contribution in [3.05, 3.63) is 65.7 Å². The third kappa shape index (κ3) is 5.44. The first-order valence-electron chi connectivity index (χ1n) is 9.27. The van der Waals surface area contributed by atoms with E-state index in [1.807, 2.05) is 24.3 Å². The van der Waals surface area contributed by atoms with Crippen LogP contribution in [0.3, 0.4) is 0 Å². The highest BCUT2D eigenvalue weighted by Crippen LogP contribution is 2.17. The van der Waals surface area contributed by atoms with Gasteiger partial charge in [0.15, 0.2) is 0 Å². The van der Waals surface area contributed by atoms with E-state index in [9.17, 15) is 9.59 Å². The normalized spacial score (nSPS) is 16.1. The zero-order chi connectivity index (χ0) is 19.8. The van der Waals surface area contributed by atoms with Crippen LogP contribution in [0, 0.1) is 0 Å². The molecule has 0 saturated carbocycles. The van der Waals surface area contributed by atoms with E-state index in [2.05, 4.69) is 10.6 Å². The quantitative estimate of drug-likeness (QED) is 0.723. The molecule has 0 radical (unpaired) electrons. The second-order valence-corrected chi connectivity index (χ2v) is 6.49. The van der Waals surface area contributed by atoms with E-state index in [0.29, 0.717) is 17.8 Å². The molecule has 1 aliphatic rings. The first-order valence-corrected chi connectivity index (χ1v) is 9.27. The second kappa shape index (κ2) is 9.71. The number of hydrogen-bond acceptors (Lipinski definition) is 4. The Labute approximate surface area is 164 Å². The van der Waals surface area contributed by atoms with Crippen molar-refractivity contribution in [2.24, 2.45) is 0 Å². The van der Waals surface area contributed by atoms with E-state index in [0.717, 1.165) is 30.8 Å². The van der Waals surface area contributed by atoms with Gasteiger partial charge in [0.05, 0.1) is 24.5 Å². The van der Waals surface area contributed by atoms with Crippen molar-refractivity contribution in [1.82, 2.24) is 5.32 Å². The summed E-state index contributed by atoms with van der Waals surface area (Å²) in [5, 5.41) is 5.65. The number of ether oxygens (including phenoxy) is 2. The number of carbonyl (C=O) groups excluding carboxylic acids is 2. The van der Waals surface area contributed by atoms with Crippen LogP contribution in [0.5, 0.6) is 5.75 Å². The van der Waals surface area contributed by atoms with Crippen molar-refractivity contribution in [3.8, 4) is 5.75 Å². The van der Waals surface area contributed by atoms with E-state index in [1.54, 1.807) is 37.5 Å². The van der Waals surface area contributed by atoms with Gasteiger partial charge in [0.1, 0.15) is 5.75 Å². The molecule has 1 atom stereocenters. The summed E-state index contributed by atoms with van der Waals surface area (Å²) in [7, 11) is 1.59. The molecule has 2 aromatic rings. The Morgan fingerprint density at radius 3 is 2.86 bits per heavy atom. The third-order valence-corrected chi connectivity index (χ3v) is 4.46. The van der Waals surface area contributed by atoms with Crippen molar-refractivity contribution >= 4 is 23.6 Å². The van der Waals surface area contributed by atoms with Crippen molar-refractivity contribution < 1.29 is 19.1 Å². The molecule has 2 amide bonds. The van der Waals surface area contributed by atoms with Crippen LogP contribution < -0.4 is 15.4 Å². The fourth-order valence-electron chi connectivity index (χ4n) is 2.99. The van der Waals surface area contributed by atoms with Crippen LogP contribution >= 0.6 is 0 Å². The van der Waals surface area contributed by atoms with Crippen LogP contribution in [-0.2, 0) is 9.53 Å². The zero-order valence-electron chi connectivity index (χ0n) is 15.8. The summed E-state index contributed by atoms with van der Waals surface area (Å²) in [5.41, 5.74) is 1.73. The summed E-state index contributed by atoms with van der Waals surface area (Å²) >= 11 is 0. The van der Waals surface area contributed by atoms with E-state index < -0.39 is 0 Å². The largest absolute Gasteiger partial charge is 0.497 e. The maximum atomic E-state index is 12.5. The SMILES string of the molecule is COc1cccc(/C=C/C(=O)Nc2ccccc2C(=O)NCC2CCCO2)c1. The summed E-state index contributed by atoms with van der Waals surface area (Å²) < 4.78 is 10.7. The van der Waals surface area contributed by atoms with Gasteiger partial charge in [-0.15, -0.1) is 0 Å². The summed E-state index contributed by atoms with van der Waals surface area (Å²) in [4.78, 5) is 24.8. The maximum Gasteiger partial charge on any atom is 0.253 e. The van der Waals surface area contributed by atoms with Gasteiger partial charge in [-0.3, -0.25) is 9.59 Å². The second-order valence-electron chi connectivity index (χ2n) is 6.49. The molecule has 0 bridgehead atoms. The molecule has 0 aromatic heterocycles. The van der Waals surface area contributed by atoms with Gasteiger partial charge in [0.2, 0.25) is 5.91 Å². The Hall–Kier alpha value is -3.12. The molecule has 1 saturated heterocycles. The van der Waals surface area contributed by atoms with Gasteiger partial charge in [0.25, 0.3) is 5.91 Å². The van der Waals surface area contributed by atoms with Crippen LogP contribution in [0.4, 0.5) is 5.69 Å². The van der Waals surface area contributed by atoms with Crippen LogP contribution in [0.25, 0.3) is 6.08 Å². The van der Waals surface area contributed by atoms with Gasteiger partial charge in [-0.05, 0) is 48.7 Å². The van der Waals surface area contributed by atoms with Gasteiger partial charge in [-0.25, -0.2) is 0 Å². The van der Waals surface area contributed by atoms with Gasteiger partial charge in [-0.1, -0.05) is 24.3 Å². The minimum absolute atomic E-state index is 0.0662. The minimum atomic E-state index is -0.317. The fourth-order valence-corrected chi connectivity index (χ4v) is 2.99. The topological polar surface area (TPSA) is 76.7 Å². The monoisotopic (exact) mass is 380 g/mol. The van der Waals surface area contributed by atoms with Crippen molar-refractivity contribution in [1.29, 1.82) is 0 Å². The summed E-state index contributed by atoms with van der Waals surface area (Å²) in [5.74, 6) is 0.168. The van der Waals surface area contributed by atoms with Crippen molar-refractivity contribution in [3.63, 3.8) is 0 Å². The molecule has 3 rings (SSSR count). The van der Waals surface area contributed by atoms with E-state index >= 15 is 0 Å². The molecule has 1 heterocycles. The van der Waals surface area contributed by atoms with Crippen molar-refractivity contribution in [2.75, 3.05) is 25.6 Å². The first-order chi connectivity index (χ1) is 13.7.